The Bertz CT molecular complexity index is 1150. The maximum Gasteiger partial charge on any atom is 0.329 e. The van der Waals surface area contributed by atoms with Gasteiger partial charge in [-0.3, -0.25) is 14.4 Å². The summed E-state index contributed by atoms with van der Waals surface area (Å²) in [5.74, 6) is -2.34. The highest BCUT2D eigenvalue weighted by Gasteiger charge is 2.17. The third-order valence-electron chi connectivity index (χ3n) is 4.00. The standard InChI is InChI=1S/C22H16Br2N4O3/c23-15-9-11-16(12-10-15)26-20(29)17-6-2-4-8-19(17)27-21(30)22(31)28-25-13-14-5-1-3-7-18(14)24/h1-13H,(H,26,29)(H,27,30)(H,28,31)/b25-13-. The Hall–Kier alpha value is -3.30. The molecule has 0 atom stereocenters. The molecule has 3 N–H and O–H groups in total. The van der Waals surface area contributed by atoms with Crippen LogP contribution in [0.5, 0.6) is 0 Å². The number of nitrogens with zero attached hydrogens (tertiary/aromatic N) is 1. The van der Waals surface area contributed by atoms with Crippen molar-refractivity contribution in [3.8, 4) is 0 Å². The second-order valence-corrected chi connectivity index (χ2v) is 7.95. The van der Waals surface area contributed by atoms with Crippen molar-refractivity contribution in [1.82, 2.24) is 5.43 Å². The van der Waals surface area contributed by atoms with Crippen molar-refractivity contribution in [2.24, 2.45) is 5.10 Å². The van der Waals surface area contributed by atoms with Crippen LogP contribution in [0.15, 0.2) is 86.8 Å². The van der Waals surface area contributed by atoms with Gasteiger partial charge in [-0.1, -0.05) is 62.2 Å². The summed E-state index contributed by atoms with van der Waals surface area (Å²) in [6.45, 7) is 0. The lowest BCUT2D eigenvalue weighted by molar-refractivity contribution is -0.136. The van der Waals surface area contributed by atoms with Crippen molar-refractivity contribution in [2.75, 3.05) is 10.6 Å². The molecule has 156 valence electrons. The topological polar surface area (TPSA) is 99.7 Å². The molecule has 0 fully saturated rings. The summed E-state index contributed by atoms with van der Waals surface area (Å²) in [6, 6.07) is 20.7. The van der Waals surface area contributed by atoms with Crippen LogP contribution in [0.3, 0.4) is 0 Å². The molecule has 0 saturated heterocycles. The maximum atomic E-state index is 12.6. The van der Waals surface area contributed by atoms with Crippen molar-refractivity contribution >= 4 is 67.2 Å². The van der Waals surface area contributed by atoms with Gasteiger partial charge in [-0.25, -0.2) is 5.43 Å². The number of carbonyl (C=O) groups is 3. The van der Waals surface area contributed by atoms with Crippen LogP contribution in [0.1, 0.15) is 15.9 Å². The number of anilines is 2. The van der Waals surface area contributed by atoms with Crippen LogP contribution in [0.4, 0.5) is 11.4 Å². The molecule has 3 amide bonds. The van der Waals surface area contributed by atoms with Crippen LogP contribution in [0, 0.1) is 0 Å². The lowest BCUT2D eigenvalue weighted by Crippen LogP contribution is -2.33. The van der Waals surface area contributed by atoms with Crippen LogP contribution < -0.4 is 16.1 Å². The maximum absolute atomic E-state index is 12.6. The van der Waals surface area contributed by atoms with Crippen LogP contribution in [-0.4, -0.2) is 23.9 Å². The van der Waals surface area contributed by atoms with E-state index >= 15 is 0 Å². The highest BCUT2D eigenvalue weighted by atomic mass is 79.9. The molecule has 3 aromatic rings. The number of hydrogen-bond acceptors (Lipinski definition) is 4. The van der Waals surface area contributed by atoms with Crippen molar-refractivity contribution in [1.29, 1.82) is 0 Å². The molecule has 0 aromatic heterocycles. The van der Waals surface area contributed by atoms with Crippen LogP contribution in [-0.2, 0) is 9.59 Å². The van der Waals surface area contributed by atoms with Gasteiger partial charge in [-0.05, 0) is 42.5 Å². The molecule has 31 heavy (non-hydrogen) atoms. The molecular weight excluding hydrogens is 528 g/mol. The normalized spacial score (nSPS) is 10.5. The van der Waals surface area contributed by atoms with Gasteiger partial charge in [-0.15, -0.1) is 0 Å². The van der Waals surface area contributed by atoms with Gasteiger partial charge in [0.15, 0.2) is 0 Å². The molecule has 0 unspecified atom stereocenters. The minimum Gasteiger partial charge on any atom is -0.322 e. The number of para-hydroxylation sites is 1. The monoisotopic (exact) mass is 542 g/mol. The third kappa shape index (κ3) is 6.34. The van der Waals surface area contributed by atoms with Gasteiger partial charge in [0.05, 0.1) is 17.5 Å². The first-order chi connectivity index (χ1) is 14.9. The van der Waals surface area contributed by atoms with Crippen molar-refractivity contribution in [3.63, 3.8) is 0 Å². The summed E-state index contributed by atoms with van der Waals surface area (Å²) >= 11 is 6.69. The number of hydrogen-bond donors (Lipinski definition) is 3. The van der Waals surface area contributed by atoms with Crippen LogP contribution in [0.25, 0.3) is 0 Å². The first-order valence-corrected chi connectivity index (χ1v) is 10.6. The molecule has 9 heteroatoms. The van der Waals surface area contributed by atoms with Gasteiger partial charge in [-0.2, -0.15) is 5.10 Å². The number of nitrogens with one attached hydrogen (secondary N) is 3. The zero-order valence-electron chi connectivity index (χ0n) is 15.9. The van der Waals surface area contributed by atoms with Crippen molar-refractivity contribution < 1.29 is 14.4 Å². The van der Waals surface area contributed by atoms with E-state index in [2.05, 4.69) is 53.0 Å². The number of carbonyl (C=O) groups excluding carboxylic acids is 3. The molecule has 0 bridgehead atoms. The molecule has 3 aromatic carbocycles. The highest BCUT2D eigenvalue weighted by Crippen LogP contribution is 2.19. The largest absolute Gasteiger partial charge is 0.329 e. The molecule has 7 nitrogen and oxygen atoms in total. The minimum absolute atomic E-state index is 0.201. The zero-order chi connectivity index (χ0) is 22.2. The van der Waals surface area contributed by atoms with E-state index in [9.17, 15) is 14.4 Å². The van der Waals surface area contributed by atoms with Gasteiger partial charge in [0.25, 0.3) is 5.91 Å². The number of hydrazone groups is 1. The van der Waals surface area contributed by atoms with E-state index in [1.807, 2.05) is 18.2 Å². The Morgan fingerprint density at radius 2 is 1.45 bits per heavy atom. The molecule has 0 aliphatic heterocycles. The Kier molecular flexibility index (Phi) is 7.69. The Morgan fingerprint density at radius 1 is 0.774 bits per heavy atom. The molecule has 3 rings (SSSR count). The first-order valence-electron chi connectivity index (χ1n) is 8.99. The van der Waals surface area contributed by atoms with Crippen molar-refractivity contribution in [3.05, 3.63) is 92.9 Å². The van der Waals surface area contributed by atoms with Gasteiger partial charge in [0.1, 0.15) is 0 Å². The summed E-state index contributed by atoms with van der Waals surface area (Å²) < 4.78 is 1.68. The summed E-state index contributed by atoms with van der Waals surface area (Å²) in [4.78, 5) is 37.0. The first kappa shape index (κ1) is 22.4. The third-order valence-corrected chi connectivity index (χ3v) is 5.25. The molecular formula is C22H16Br2N4O3. The average Bonchev–Trinajstić information content (AvgIpc) is 2.77. The van der Waals surface area contributed by atoms with Gasteiger partial charge in [0, 0.05) is 20.2 Å². The van der Waals surface area contributed by atoms with Crippen molar-refractivity contribution in [2.45, 2.75) is 0 Å². The summed E-state index contributed by atoms with van der Waals surface area (Å²) in [5, 5.41) is 8.98. The summed E-state index contributed by atoms with van der Waals surface area (Å²) in [7, 11) is 0. The van der Waals surface area contributed by atoms with E-state index < -0.39 is 17.7 Å². The smallest absolute Gasteiger partial charge is 0.322 e. The molecule has 0 saturated carbocycles. The SMILES string of the molecule is O=C(N/N=C\c1ccccc1Br)C(=O)Nc1ccccc1C(=O)Nc1ccc(Br)cc1. The number of rotatable bonds is 5. The molecule has 0 heterocycles. The number of halogens is 2. The molecule has 0 aliphatic carbocycles. The second-order valence-electron chi connectivity index (χ2n) is 6.18. The molecule has 0 aliphatic rings. The Morgan fingerprint density at radius 3 is 2.19 bits per heavy atom. The highest BCUT2D eigenvalue weighted by molar-refractivity contribution is 9.10. The zero-order valence-corrected chi connectivity index (χ0v) is 19.1. The van der Waals surface area contributed by atoms with E-state index in [-0.39, 0.29) is 11.3 Å². The summed E-state index contributed by atoms with van der Waals surface area (Å²) in [5.41, 5.74) is 3.90. The number of benzene rings is 3. The average molecular weight is 544 g/mol. The lowest BCUT2D eigenvalue weighted by atomic mass is 10.1. The fraction of sp³-hybridized carbons (Fsp3) is 0. The summed E-state index contributed by atoms with van der Waals surface area (Å²) in [6.07, 6.45) is 1.41. The Labute approximate surface area is 195 Å². The van der Waals surface area contributed by atoms with E-state index in [0.717, 1.165) is 14.5 Å². The minimum atomic E-state index is -0.966. The van der Waals surface area contributed by atoms with E-state index in [1.54, 1.807) is 48.5 Å². The fourth-order valence-corrected chi connectivity index (χ4v) is 3.14. The van der Waals surface area contributed by atoms with E-state index in [1.165, 1.54) is 12.3 Å². The Balaban J connectivity index is 1.64. The van der Waals surface area contributed by atoms with E-state index in [4.69, 9.17) is 0 Å². The van der Waals surface area contributed by atoms with Crippen LogP contribution >= 0.6 is 31.9 Å². The van der Waals surface area contributed by atoms with E-state index in [0.29, 0.717) is 5.69 Å². The van der Waals surface area contributed by atoms with Gasteiger partial charge in [0.2, 0.25) is 0 Å². The number of amides is 3. The quantitative estimate of drug-likeness (QED) is 0.250. The molecule has 0 spiro atoms. The predicted molar refractivity (Wildman–Crippen MR) is 127 cm³/mol. The second kappa shape index (κ2) is 10.6. The fourth-order valence-electron chi connectivity index (χ4n) is 2.49. The van der Waals surface area contributed by atoms with Crippen LogP contribution in [0.2, 0.25) is 0 Å². The predicted octanol–water partition coefficient (Wildman–Crippen LogP) is 4.55. The van der Waals surface area contributed by atoms with Gasteiger partial charge >= 0.3 is 11.8 Å². The molecule has 0 radical (unpaired) electrons. The lowest BCUT2D eigenvalue weighted by Gasteiger charge is -2.11. The van der Waals surface area contributed by atoms with Gasteiger partial charge < -0.3 is 10.6 Å².